The molecule has 2 N–H and O–H groups in total. The first kappa shape index (κ1) is 20.8. The summed E-state index contributed by atoms with van der Waals surface area (Å²) >= 11 is 0. The average Bonchev–Trinajstić information content (AvgIpc) is 3.24. The number of nitrogens with zero attached hydrogens (tertiary/aromatic N) is 1. The molecule has 0 bridgehead atoms. The van der Waals surface area contributed by atoms with E-state index in [1.807, 2.05) is 31.2 Å². The topological polar surface area (TPSA) is 78.9 Å². The van der Waals surface area contributed by atoms with Crippen molar-refractivity contribution in [1.82, 2.24) is 10.2 Å². The van der Waals surface area contributed by atoms with E-state index < -0.39 is 11.5 Å². The Hall–Kier alpha value is -1.92. The number of benzene rings is 1. The van der Waals surface area contributed by atoms with E-state index >= 15 is 0 Å². The predicted octanol–water partition coefficient (Wildman–Crippen LogP) is 2.34. The Morgan fingerprint density at radius 2 is 2.04 bits per heavy atom. The summed E-state index contributed by atoms with van der Waals surface area (Å²) in [5.74, 6) is -0.549. The second-order valence-electron chi connectivity index (χ2n) is 8.16. The van der Waals surface area contributed by atoms with E-state index in [0.29, 0.717) is 26.1 Å². The number of carbonyl (C=O) groups excluding carboxylic acids is 2. The lowest BCUT2D eigenvalue weighted by Gasteiger charge is -2.29. The van der Waals surface area contributed by atoms with Crippen LogP contribution in [0, 0.1) is 12.8 Å². The maximum atomic E-state index is 13.0. The van der Waals surface area contributed by atoms with E-state index in [9.17, 15) is 14.7 Å². The monoisotopic (exact) mass is 388 g/mol. The maximum absolute atomic E-state index is 13.0. The van der Waals surface area contributed by atoms with Crippen molar-refractivity contribution in [2.24, 2.45) is 5.92 Å². The van der Waals surface area contributed by atoms with Gasteiger partial charge < -0.3 is 20.1 Å². The number of rotatable bonds is 8. The lowest BCUT2D eigenvalue weighted by molar-refractivity contribution is -0.129. The second kappa shape index (κ2) is 9.05. The largest absolute Gasteiger partial charge is 0.390 e. The zero-order chi connectivity index (χ0) is 20.1. The smallest absolute Gasteiger partial charge is 0.226 e. The van der Waals surface area contributed by atoms with Gasteiger partial charge in [-0.2, -0.15) is 0 Å². The van der Waals surface area contributed by atoms with E-state index in [1.165, 1.54) is 0 Å². The quantitative estimate of drug-likeness (QED) is 0.716. The van der Waals surface area contributed by atoms with E-state index in [2.05, 4.69) is 5.32 Å². The number of hydrogen-bond acceptors (Lipinski definition) is 4. The summed E-state index contributed by atoms with van der Waals surface area (Å²) in [6.45, 7) is 3.36. The molecule has 1 aromatic carbocycles. The van der Waals surface area contributed by atoms with Gasteiger partial charge in [0.05, 0.1) is 24.2 Å². The van der Waals surface area contributed by atoms with Crippen molar-refractivity contribution in [3.8, 4) is 0 Å². The van der Waals surface area contributed by atoms with Gasteiger partial charge in [0, 0.05) is 26.6 Å². The van der Waals surface area contributed by atoms with E-state index in [4.69, 9.17) is 4.74 Å². The normalized spacial score (nSPS) is 24.0. The standard InChI is InChI=1S/C22H32N2O4/c1-16-7-3-4-8-17(16)20-18(15-19(25)24(20)13-14-28-2)21(26)23-12-11-22(27)9-5-6-10-22/h3-4,7-8,18,20,27H,5-6,9-15H2,1-2H3,(H,23,26)/t18-,20+/m1/s1. The Labute approximate surface area is 167 Å². The summed E-state index contributed by atoms with van der Waals surface area (Å²) in [6.07, 6.45) is 4.49. The molecule has 1 aliphatic carbocycles. The van der Waals surface area contributed by atoms with Gasteiger partial charge >= 0.3 is 0 Å². The van der Waals surface area contributed by atoms with Crippen LogP contribution in [0.3, 0.4) is 0 Å². The SMILES string of the molecule is COCCN1C(=O)C[C@@H](C(=O)NCCC2(O)CCCC2)[C@@H]1c1ccccc1C. The zero-order valence-corrected chi connectivity index (χ0v) is 16.9. The molecule has 2 atom stereocenters. The molecule has 0 aromatic heterocycles. The third-order valence-electron chi connectivity index (χ3n) is 6.24. The highest BCUT2D eigenvalue weighted by Gasteiger charge is 2.44. The highest BCUT2D eigenvalue weighted by atomic mass is 16.5. The molecule has 154 valence electrons. The zero-order valence-electron chi connectivity index (χ0n) is 16.9. The molecule has 0 unspecified atom stereocenters. The summed E-state index contributed by atoms with van der Waals surface area (Å²) in [7, 11) is 1.61. The highest BCUT2D eigenvalue weighted by Crippen LogP contribution is 2.39. The van der Waals surface area contributed by atoms with Crippen molar-refractivity contribution in [1.29, 1.82) is 0 Å². The number of ether oxygens (including phenoxy) is 1. The van der Waals surface area contributed by atoms with Gasteiger partial charge in [-0.05, 0) is 37.3 Å². The van der Waals surface area contributed by atoms with Crippen molar-refractivity contribution in [3.05, 3.63) is 35.4 Å². The van der Waals surface area contributed by atoms with Crippen LogP contribution < -0.4 is 5.32 Å². The van der Waals surface area contributed by atoms with E-state index in [1.54, 1.807) is 12.0 Å². The number of aliphatic hydroxyl groups is 1. The van der Waals surface area contributed by atoms with Crippen LogP contribution in [0.5, 0.6) is 0 Å². The van der Waals surface area contributed by atoms with Gasteiger partial charge in [-0.3, -0.25) is 9.59 Å². The fourth-order valence-corrected chi connectivity index (χ4v) is 4.61. The Balaban J connectivity index is 1.72. The van der Waals surface area contributed by atoms with Crippen LogP contribution in [-0.2, 0) is 14.3 Å². The Bertz CT molecular complexity index is 700. The molecule has 0 spiro atoms. The molecule has 2 aliphatic rings. The minimum atomic E-state index is -0.640. The Morgan fingerprint density at radius 3 is 2.71 bits per heavy atom. The lowest BCUT2D eigenvalue weighted by Crippen LogP contribution is -2.39. The number of carbonyl (C=O) groups is 2. The summed E-state index contributed by atoms with van der Waals surface area (Å²) < 4.78 is 5.17. The number of hydrogen-bond donors (Lipinski definition) is 2. The Morgan fingerprint density at radius 1 is 1.32 bits per heavy atom. The molecular formula is C22H32N2O4. The predicted molar refractivity (Wildman–Crippen MR) is 107 cm³/mol. The molecule has 1 aromatic rings. The first-order chi connectivity index (χ1) is 13.4. The van der Waals surface area contributed by atoms with Crippen molar-refractivity contribution >= 4 is 11.8 Å². The molecule has 2 fully saturated rings. The number of nitrogens with one attached hydrogen (secondary N) is 1. The van der Waals surface area contributed by atoms with Gasteiger partial charge in [0.2, 0.25) is 11.8 Å². The third-order valence-corrected chi connectivity index (χ3v) is 6.24. The molecule has 1 saturated carbocycles. The van der Waals surface area contributed by atoms with Crippen LogP contribution >= 0.6 is 0 Å². The van der Waals surface area contributed by atoms with E-state index in [-0.39, 0.29) is 24.3 Å². The molecule has 6 nitrogen and oxygen atoms in total. The van der Waals surface area contributed by atoms with Gasteiger partial charge in [-0.1, -0.05) is 37.1 Å². The van der Waals surface area contributed by atoms with Crippen molar-refractivity contribution in [2.75, 3.05) is 26.8 Å². The molecule has 0 radical (unpaired) electrons. The summed E-state index contributed by atoms with van der Waals surface area (Å²) in [5, 5.41) is 13.5. The molecule has 28 heavy (non-hydrogen) atoms. The lowest BCUT2D eigenvalue weighted by atomic mass is 9.90. The second-order valence-corrected chi connectivity index (χ2v) is 8.16. The van der Waals surface area contributed by atoms with Crippen LogP contribution in [0.25, 0.3) is 0 Å². The Kier molecular flexibility index (Phi) is 6.73. The molecular weight excluding hydrogens is 356 g/mol. The maximum Gasteiger partial charge on any atom is 0.226 e. The number of methoxy groups -OCH3 is 1. The van der Waals surface area contributed by atoms with Gasteiger partial charge in [-0.25, -0.2) is 0 Å². The number of amides is 2. The van der Waals surface area contributed by atoms with Crippen LogP contribution in [0.1, 0.15) is 55.7 Å². The summed E-state index contributed by atoms with van der Waals surface area (Å²) in [5.41, 5.74) is 1.44. The van der Waals surface area contributed by atoms with Crippen LogP contribution in [0.15, 0.2) is 24.3 Å². The minimum absolute atomic E-state index is 0.0140. The first-order valence-electron chi connectivity index (χ1n) is 10.3. The summed E-state index contributed by atoms with van der Waals surface area (Å²) in [6, 6.07) is 7.65. The molecule has 2 amide bonds. The average molecular weight is 389 g/mol. The van der Waals surface area contributed by atoms with Gasteiger partial charge in [0.15, 0.2) is 0 Å². The third kappa shape index (κ3) is 4.55. The fourth-order valence-electron chi connectivity index (χ4n) is 4.61. The fraction of sp³-hybridized carbons (Fsp3) is 0.636. The van der Waals surface area contributed by atoms with Crippen LogP contribution in [0.4, 0.5) is 0 Å². The number of likely N-dealkylation sites (tertiary alicyclic amines) is 1. The first-order valence-corrected chi connectivity index (χ1v) is 10.3. The van der Waals surface area contributed by atoms with E-state index in [0.717, 1.165) is 36.8 Å². The van der Waals surface area contributed by atoms with Crippen LogP contribution in [-0.4, -0.2) is 54.2 Å². The van der Waals surface area contributed by atoms with Gasteiger partial charge in [0.25, 0.3) is 0 Å². The van der Waals surface area contributed by atoms with Crippen molar-refractivity contribution in [2.45, 2.75) is 57.1 Å². The molecule has 6 heteroatoms. The van der Waals surface area contributed by atoms with Crippen molar-refractivity contribution in [3.63, 3.8) is 0 Å². The number of aryl methyl sites for hydroxylation is 1. The van der Waals surface area contributed by atoms with Gasteiger partial charge in [-0.15, -0.1) is 0 Å². The molecule has 1 saturated heterocycles. The molecule has 1 aliphatic heterocycles. The van der Waals surface area contributed by atoms with Gasteiger partial charge in [0.1, 0.15) is 0 Å². The minimum Gasteiger partial charge on any atom is -0.390 e. The highest BCUT2D eigenvalue weighted by molar-refractivity contribution is 5.90. The van der Waals surface area contributed by atoms with Crippen molar-refractivity contribution < 1.29 is 19.4 Å². The summed E-state index contributed by atoms with van der Waals surface area (Å²) in [4.78, 5) is 27.4. The van der Waals surface area contributed by atoms with Crippen LogP contribution in [0.2, 0.25) is 0 Å². The molecule has 1 heterocycles. The molecule has 3 rings (SSSR count).